The van der Waals surface area contributed by atoms with Crippen molar-refractivity contribution in [3.05, 3.63) is 33.6 Å². The molecule has 0 unspecified atom stereocenters. The summed E-state index contributed by atoms with van der Waals surface area (Å²) >= 11 is 1.72. The highest BCUT2D eigenvalue weighted by Gasteiger charge is 2.17. The molecule has 0 aromatic carbocycles. The van der Waals surface area contributed by atoms with Gasteiger partial charge in [-0.3, -0.25) is 0 Å². The lowest BCUT2D eigenvalue weighted by Gasteiger charge is -2.13. The molecule has 0 aliphatic rings. The van der Waals surface area contributed by atoms with Crippen LogP contribution in [0.25, 0.3) is 0 Å². The first-order valence-electron chi connectivity index (χ1n) is 6.03. The van der Waals surface area contributed by atoms with Gasteiger partial charge < -0.3 is 9.84 Å². The monoisotopic (exact) mass is 265 g/mol. The third-order valence-corrected chi connectivity index (χ3v) is 3.80. The first-order chi connectivity index (χ1) is 8.45. The summed E-state index contributed by atoms with van der Waals surface area (Å²) in [7, 11) is 0. The summed E-state index contributed by atoms with van der Waals surface area (Å²) in [5.41, 5.74) is 2.15. The smallest absolute Gasteiger partial charge is 0.133 e. The SMILES string of the molecule is Cc1cc(CNCc2csc(C(C)(C)C)n2)no1. The standard InChI is InChI=1S/C13H19N3OS/c1-9-5-10(16-17-9)6-14-7-11-8-18-12(15-11)13(2,3)4/h5,8,14H,6-7H2,1-4H3. The van der Waals surface area contributed by atoms with Gasteiger partial charge in [0.25, 0.3) is 0 Å². The Labute approximate surface area is 111 Å². The van der Waals surface area contributed by atoms with Gasteiger partial charge in [-0.2, -0.15) is 0 Å². The topological polar surface area (TPSA) is 51.0 Å². The summed E-state index contributed by atoms with van der Waals surface area (Å²) in [5, 5.41) is 10.5. The van der Waals surface area contributed by atoms with Crippen molar-refractivity contribution >= 4 is 11.3 Å². The quantitative estimate of drug-likeness (QED) is 0.923. The Kier molecular flexibility index (Phi) is 3.82. The summed E-state index contributed by atoms with van der Waals surface area (Å²) in [6, 6.07) is 1.94. The lowest BCUT2D eigenvalue weighted by Crippen LogP contribution is -2.14. The van der Waals surface area contributed by atoms with Gasteiger partial charge in [-0.05, 0) is 6.92 Å². The van der Waals surface area contributed by atoms with Gasteiger partial charge in [-0.15, -0.1) is 11.3 Å². The molecular formula is C13H19N3OS. The van der Waals surface area contributed by atoms with Crippen LogP contribution in [0.1, 0.15) is 42.9 Å². The van der Waals surface area contributed by atoms with Crippen LogP contribution >= 0.6 is 11.3 Å². The maximum Gasteiger partial charge on any atom is 0.133 e. The molecule has 0 saturated carbocycles. The molecule has 0 atom stereocenters. The molecule has 2 aromatic heterocycles. The Morgan fingerprint density at radius 1 is 1.28 bits per heavy atom. The van der Waals surface area contributed by atoms with E-state index in [0.717, 1.165) is 23.7 Å². The van der Waals surface area contributed by atoms with Crippen molar-refractivity contribution in [2.24, 2.45) is 0 Å². The minimum atomic E-state index is 0.131. The molecule has 0 radical (unpaired) electrons. The van der Waals surface area contributed by atoms with Gasteiger partial charge >= 0.3 is 0 Å². The van der Waals surface area contributed by atoms with E-state index in [1.165, 1.54) is 5.01 Å². The van der Waals surface area contributed by atoms with E-state index in [9.17, 15) is 0 Å². The van der Waals surface area contributed by atoms with Crippen LogP contribution in [0.2, 0.25) is 0 Å². The predicted molar refractivity (Wildman–Crippen MR) is 72.6 cm³/mol. The second kappa shape index (κ2) is 5.20. The fraction of sp³-hybridized carbons (Fsp3) is 0.538. The molecule has 2 rings (SSSR count). The number of hydrogen-bond acceptors (Lipinski definition) is 5. The van der Waals surface area contributed by atoms with Crippen molar-refractivity contribution in [1.82, 2.24) is 15.5 Å². The molecule has 0 bridgehead atoms. The van der Waals surface area contributed by atoms with Crippen molar-refractivity contribution in [1.29, 1.82) is 0 Å². The van der Waals surface area contributed by atoms with Crippen molar-refractivity contribution in [2.45, 2.75) is 46.2 Å². The molecule has 98 valence electrons. The van der Waals surface area contributed by atoms with Crippen LogP contribution < -0.4 is 5.32 Å². The molecular weight excluding hydrogens is 246 g/mol. The number of rotatable bonds is 4. The number of aromatic nitrogens is 2. The Bertz CT molecular complexity index is 510. The highest BCUT2D eigenvalue weighted by Crippen LogP contribution is 2.25. The summed E-state index contributed by atoms with van der Waals surface area (Å²) in [6.45, 7) is 9.91. The fourth-order valence-electron chi connectivity index (χ4n) is 1.55. The van der Waals surface area contributed by atoms with Crippen LogP contribution in [0, 0.1) is 6.92 Å². The minimum absolute atomic E-state index is 0.131. The van der Waals surface area contributed by atoms with Crippen molar-refractivity contribution in [3.63, 3.8) is 0 Å². The maximum absolute atomic E-state index is 5.01. The summed E-state index contributed by atoms with van der Waals surface area (Å²) < 4.78 is 5.01. The maximum atomic E-state index is 5.01. The molecule has 2 aromatic rings. The van der Waals surface area contributed by atoms with Crippen LogP contribution in [-0.4, -0.2) is 10.1 Å². The molecule has 0 amide bonds. The summed E-state index contributed by atoms with van der Waals surface area (Å²) in [4.78, 5) is 4.63. The normalized spacial score (nSPS) is 12.0. The summed E-state index contributed by atoms with van der Waals surface area (Å²) in [6.07, 6.45) is 0. The average molecular weight is 265 g/mol. The van der Waals surface area contributed by atoms with E-state index in [1.807, 2.05) is 13.0 Å². The zero-order valence-electron chi connectivity index (χ0n) is 11.3. The van der Waals surface area contributed by atoms with Crippen LogP contribution in [0.15, 0.2) is 16.0 Å². The van der Waals surface area contributed by atoms with Gasteiger partial charge in [0, 0.05) is 30.0 Å². The highest BCUT2D eigenvalue weighted by atomic mass is 32.1. The molecule has 18 heavy (non-hydrogen) atoms. The van der Waals surface area contributed by atoms with Crippen molar-refractivity contribution in [3.8, 4) is 0 Å². The van der Waals surface area contributed by atoms with E-state index in [0.29, 0.717) is 6.54 Å². The Balaban J connectivity index is 1.85. The minimum Gasteiger partial charge on any atom is -0.361 e. The second-order valence-electron chi connectivity index (χ2n) is 5.43. The van der Waals surface area contributed by atoms with Gasteiger partial charge in [-0.1, -0.05) is 25.9 Å². The molecule has 0 fully saturated rings. The summed E-state index contributed by atoms with van der Waals surface area (Å²) in [5.74, 6) is 0.843. The van der Waals surface area contributed by atoms with E-state index in [-0.39, 0.29) is 5.41 Å². The number of thiazole rings is 1. The van der Waals surface area contributed by atoms with E-state index in [1.54, 1.807) is 11.3 Å². The Morgan fingerprint density at radius 2 is 2.00 bits per heavy atom. The number of aryl methyl sites for hydroxylation is 1. The second-order valence-corrected chi connectivity index (χ2v) is 6.28. The molecule has 0 aliphatic carbocycles. The highest BCUT2D eigenvalue weighted by molar-refractivity contribution is 7.09. The fourth-order valence-corrected chi connectivity index (χ4v) is 2.46. The van der Waals surface area contributed by atoms with Gasteiger partial charge in [0.2, 0.25) is 0 Å². The van der Waals surface area contributed by atoms with Crippen molar-refractivity contribution in [2.75, 3.05) is 0 Å². The Morgan fingerprint density at radius 3 is 2.56 bits per heavy atom. The molecule has 0 spiro atoms. The molecule has 0 aliphatic heterocycles. The lowest BCUT2D eigenvalue weighted by molar-refractivity contribution is 0.388. The van der Waals surface area contributed by atoms with Gasteiger partial charge in [0.05, 0.1) is 16.4 Å². The first kappa shape index (κ1) is 13.2. The van der Waals surface area contributed by atoms with E-state index < -0.39 is 0 Å². The molecule has 1 N–H and O–H groups in total. The third-order valence-electron chi connectivity index (χ3n) is 2.48. The third kappa shape index (κ3) is 3.40. The first-order valence-corrected chi connectivity index (χ1v) is 6.91. The largest absolute Gasteiger partial charge is 0.361 e. The van der Waals surface area contributed by atoms with Gasteiger partial charge in [0.1, 0.15) is 5.76 Å². The van der Waals surface area contributed by atoms with Crippen LogP contribution in [0.4, 0.5) is 0 Å². The van der Waals surface area contributed by atoms with Crippen LogP contribution in [-0.2, 0) is 18.5 Å². The molecule has 4 nitrogen and oxygen atoms in total. The van der Waals surface area contributed by atoms with Crippen LogP contribution in [0.5, 0.6) is 0 Å². The van der Waals surface area contributed by atoms with Gasteiger partial charge in [-0.25, -0.2) is 4.98 Å². The van der Waals surface area contributed by atoms with Crippen molar-refractivity contribution < 1.29 is 4.52 Å². The molecule has 0 saturated heterocycles. The van der Waals surface area contributed by atoms with E-state index >= 15 is 0 Å². The van der Waals surface area contributed by atoms with Gasteiger partial charge in [0.15, 0.2) is 0 Å². The predicted octanol–water partition coefficient (Wildman–Crippen LogP) is 3.03. The molecule has 2 heterocycles. The molecule has 5 heteroatoms. The zero-order valence-corrected chi connectivity index (χ0v) is 12.1. The number of hydrogen-bond donors (Lipinski definition) is 1. The zero-order chi connectivity index (χ0) is 13.2. The van der Waals surface area contributed by atoms with E-state index in [4.69, 9.17) is 4.52 Å². The Hall–Kier alpha value is -1.20. The lowest BCUT2D eigenvalue weighted by atomic mass is 9.98. The van der Waals surface area contributed by atoms with Crippen LogP contribution in [0.3, 0.4) is 0 Å². The van der Waals surface area contributed by atoms with E-state index in [2.05, 4.69) is 41.6 Å². The number of nitrogens with zero attached hydrogens (tertiary/aromatic N) is 2. The number of nitrogens with one attached hydrogen (secondary N) is 1. The average Bonchev–Trinajstić information content (AvgIpc) is 2.87.